The number of aromatic nitrogens is 2. The van der Waals surface area contributed by atoms with E-state index >= 15 is 0 Å². The maximum atomic E-state index is 12.4. The molecule has 1 aliphatic rings. The lowest BCUT2D eigenvalue weighted by atomic mass is 10.0. The van der Waals surface area contributed by atoms with Crippen LogP contribution in [0.25, 0.3) is 0 Å². The number of carbonyl (C=O) groups excluding carboxylic acids is 1. The highest BCUT2D eigenvalue weighted by Crippen LogP contribution is 2.32. The van der Waals surface area contributed by atoms with Gasteiger partial charge >= 0.3 is 6.03 Å². The molecule has 7 nitrogen and oxygen atoms in total. The van der Waals surface area contributed by atoms with Gasteiger partial charge in [-0.25, -0.2) is 9.78 Å². The summed E-state index contributed by atoms with van der Waals surface area (Å²) in [5.41, 5.74) is 0.652. The van der Waals surface area contributed by atoms with E-state index < -0.39 is 0 Å². The van der Waals surface area contributed by atoms with Crippen LogP contribution >= 0.6 is 0 Å². The average Bonchev–Trinajstić information content (AvgIpc) is 2.98. The van der Waals surface area contributed by atoms with Crippen LogP contribution in [0.4, 0.5) is 10.5 Å². The first-order valence-corrected chi connectivity index (χ1v) is 7.99. The van der Waals surface area contributed by atoms with Crippen LogP contribution in [0, 0.1) is 5.92 Å². The molecule has 7 heteroatoms. The Bertz CT molecular complexity index is 726. The van der Waals surface area contributed by atoms with Gasteiger partial charge in [-0.1, -0.05) is 13.8 Å². The van der Waals surface area contributed by atoms with E-state index in [0.717, 1.165) is 5.82 Å². The fourth-order valence-electron chi connectivity index (χ4n) is 2.64. The number of anilines is 1. The van der Waals surface area contributed by atoms with Gasteiger partial charge in [0.25, 0.3) is 0 Å². The van der Waals surface area contributed by atoms with E-state index in [4.69, 9.17) is 9.47 Å². The van der Waals surface area contributed by atoms with E-state index in [1.54, 1.807) is 24.4 Å². The Morgan fingerprint density at radius 1 is 1.25 bits per heavy atom. The van der Waals surface area contributed by atoms with E-state index in [2.05, 4.69) is 15.6 Å². The number of nitrogens with one attached hydrogen (secondary N) is 2. The highest BCUT2D eigenvalue weighted by molar-refractivity contribution is 5.89. The van der Waals surface area contributed by atoms with Crippen molar-refractivity contribution in [2.75, 3.05) is 18.5 Å². The SMILES string of the molecule is CC(C)C(NC(=O)Nc1ccc2c(c1)OCCO2)c1nccn1C. The van der Waals surface area contributed by atoms with Crippen LogP contribution < -0.4 is 20.1 Å². The Kier molecular flexibility index (Phi) is 4.59. The molecule has 2 amide bonds. The summed E-state index contributed by atoms with van der Waals surface area (Å²) in [6, 6.07) is 4.89. The fourth-order valence-corrected chi connectivity index (χ4v) is 2.64. The van der Waals surface area contributed by atoms with Crippen molar-refractivity contribution in [3.63, 3.8) is 0 Å². The molecule has 0 radical (unpaired) electrons. The van der Waals surface area contributed by atoms with Gasteiger partial charge in [-0.15, -0.1) is 0 Å². The molecular formula is C17H22N4O3. The minimum Gasteiger partial charge on any atom is -0.486 e. The van der Waals surface area contributed by atoms with Gasteiger partial charge in [0.15, 0.2) is 11.5 Å². The number of imidazole rings is 1. The van der Waals surface area contributed by atoms with Crippen molar-refractivity contribution in [2.24, 2.45) is 13.0 Å². The third kappa shape index (κ3) is 3.45. The fraction of sp³-hybridized carbons (Fsp3) is 0.412. The topological polar surface area (TPSA) is 77.4 Å². The molecular weight excluding hydrogens is 308 g/mol. The van der Waals surface area contributed by atoms with Gasteiger partial charge in [-0.3, -0.25) is 0 Å². The summed E-state index contributed by atoms with van der Waals surface area (Å²) in [7, 11) is 1.91. The largest absolute Gasteiger partial charge is 0.486 e. The minimum absolute atomic E-state index is 0.179. The zero-order chi connectivity index (χ0) is 17.1. The summed E-state index contributed by atoms with van der Waals surface area (Å²) in [6.07, 6.45) is 3.59. The lowest BCUT2D eigenvalue weighted by Gasteiger charge is -2.23. The number of hydrogen-bond acceptors (Lipinski definition) is 4. The second-order valence-corrected chi connectivity index (χ2v) is 6.07. The maximum Gasteiger partial charge on any atom is 0.319 e. The van der Waals surface area contributed by atoms with Crippen LogP contribution in [0.3, 0.4) is 0 Å². The molecule has 0 bridgehead atoms. The van der Waals surface area contributed by atoms with Gasteiger partial charge in [0.2, 0.25) is 0 Å². The number of hydrogen-bond donors (Lipinski definition) is 2. The lowest BCUT2D eigenvalue weighted by Crippen LogP contribution is -2.36. The molecule has 1 atom stereocenters. The maximum absolute atomic E-state index is 12.4. The molecule has 0 saturated heterocycles. The van der Waals surface area contributed by atoms with Gasteiger partial charge in [0, 0.05) is 31.2 Å². The van der Waals surface area contributed by atoms with E-state index in [-0.39, 0.29) is 18.0 Å². The number of nitrogens with zero attached hydrogens (tertiary/aromatic N) is 2. The molecule has 2 heterocycles. The highest BCUT2D eigenvalue weighted by atomic mass is 16.6. The Morgan fingerprint density at radius 2 is 2.00 bits per heavy atom. The molecule has 0 aliphatic carbocycles. The summed E-state index contributed by atoms with van der Waals surface area (Å²) in [4.78, 5) is 16.7. The number of fused-ring (bicyclic) bond motifs is 1. The van der Waals surface area contributed by atoms with Crippen molar-refractivity contribution in [2.45, 2.75) is 19.9 Å². The van der Waals surface area contributed by atoms with Crippen molar-refractivity contribution in [3.05, 3.63) is 36.4 Å². The molecule has 2 aromatic rings. The minimum atomic E-state index is -0.284. The molecule has 3 rings (SSSR count). The third-order valence-corrected chi connectivity index (χ3v) is 3.89. The first-order chi connectivity index (χ1) is 11.5. The first kappa shape index (κ1) is 16.2. The van der Waals surface area contributed by atoms with Crippen molar-refractivity contribution in [3.8, 4) is 11.5 Å². The number of carbonyl (C=O) groups is 1. The van der Waals surface area contributed by atoms with Crippen molar-refractivity contribution in [1.82, 2.24) is 14.9 Å². The molecule has 1 unspecified atom stereocenters. The van der Waals surface area contributed by atoms with Gasteiger partial charge in [0.05, 0.1) is 6.04 Å². The molecule has 1 aromatic carbocycles. The zero-order valence-electron chi connectivity index (χ0n) is 14.1. The number of benzene rings is 1. The average molecular weight is 330 g/mol. The number of amides is 2. The van der Waals surface area contributed by atoms with Crippen LogP contribution in [-0.4, -0.2) is 28.8 Å². The molecule has 0 spiro atoms. The number of ether oxygens (including phenoxy) is 2. The second kappa shape index (κ2) is 6.82. The van der Waals surface area contributed by atoms with E-state index in [1.807, 2.05) is 31.7 Å². The quantitative estimate of drug-likeness (QED) is 0.903. The summed E-state index contributed by atoms with van der Waals surface area (Å²) in [6.45, 7) is 5.14. The van der Waals surface area contributed by atoms with E-state index in [1.165, 1.54) is 0 Å². The Hall–Kier alpha value is -2.70. The van der Waals surface area contributed by atoms with E-state index in [9.17, 15) is 4.79 Å². The normalized spacial score (nSPS) is 14.3. The molecule has 1 aromatic heterocycles. The van der Waals surface area contributed by atoms with Gasteiger partial charge in [-0.05, 0) is 18.1 Å². The van der Waals surface area contributed by atoms with Crippen LogP contribution in [0.15, 0.2) is 30.6 Å². The number of rotatable bonds is 4. The van der Waals surface area contributed by atoms with Gasteiger partial charge in [-0.2, -0.15) is 0 Å². The summed E-state index contributed by atoms with van der Waals surface area (Å²) in [5.74, 6) is 2.36. The van der Waals surface area contributed by atoms with Crippen molar-refractivity contribution < 1.29 is 14.3 Å². The molecule has 0 saturated carbocycles. The van der Waals surface area contributed by atoms with Crippen LogP contribution in [0.1, 0.15) is 25.7 Å². The van der Waals surface area contributed by atoms with Gasteiger partial charge in [0.1, 0.15) is 19.0 Å². The third-order valence-electron chi connectivity index (χ3n) is 3.89. The van der Waals surface area contributed by atoms with E-state index in [0.29, 0.717) is 30.4 Å². The summed E-state index contributed by atoms with van der Waals surface area (Å²) < 4.78 is 12.9. The Morgan fingerprint density at radius 3 is 2.67 bits per heavy atom. The monoisotopic (exact) mass is 330 g/mol. The van der Waals surface area contributed by atoms with Crippen molar-refractivity contribution in [1.29, 1.82) is 0 Å². The molecule has 24 heavy (non-hydrogen) atoms. The lowest BCUT2D eigenvalue weighted by molar-refractivity contribution is 0.171. The molecule has 0 fully saturated rings. The predicted molar refractivity (Wildman–Crippen MR) is 90.4 cm³/mol. The Balaban J connectivity index is 1.69. The van der Waals surface area contributed by atoms with Crippen LogP contribution in [0.2, 0.25) is 0 Å². The highest BCUT2D eigenvalue weighted by Gasteiger charge is 2.22. The van der Waals surface area contributed by atoms with Crippen molar-refractivity contribution >= 4 is 11.7 Å². The first-order valence-electron chi connectivity index (χ1n) is 7.99. The summed E-state index contributed by atoms with van der Waals surface area (Å²) in [5, 5.41) is 5.82. The second-order valence-electron chi connectivity index (χ2n) is 6.07. The number of urea groups is 1. The standard InChI is InChI=1S/C17H22N4O3/c1-11(2)15(16-18-6-7-21(16)3)20-17(22)19-12-4-5-13-14(10-12)24-9-8-23-13/h4-7,10-11,15H,8-9H2,1-3H3,(H2,19,20,22). The number of aryl methyl sites for hydroxylation is 1. The van der Waals surface area contributed by atoms with Gasteiger partial charge < -0.3 is 24.7 Å². The zero-order valence-corrected chi connectivity index (χ0v) is 14.1. The van der Waals surface area contributed by atoms with Crippen LogP contribution in [-0.2, 0) is 7.05 Å². The predicted octanol–water partition coefficient (Wildman–Crippen LogP) is 2.71. The molecule has 2 N–H and O–H groups in total. The smallest absolute Gasteiger partial charge is 0.319 e. The molecule has 1 aliphatic heterocycles. The summed E-state index contributed by atoms with van der Waals surface area (Å²) >= 11 is 0. The molecule has 128 valence electrons. The van der Waals surface area contributed by atoms with Crippen LogP contribution in [0.5, 0.6) is 11.5 Å². The Labute approximate surface area is 141 Å².